The van der Waals surface area contributed by atoms with Crippen LogP contribution in [0.2, 0.25) is 0 Å². The fraction of sp³-hybridized carbons (Fsp3) is 0.0909. The average Bonchev–Trinajstić information content (AvgIpc) is 2.37. The third-order valence-corrected chi connectivity index (χ3v) is 3.03. The van der Waals surface area contributed by atoms with Gasteiger partial charge in [-0.25, -0.2) is 30.7 Å². The molecule has 0 N–H and O–H groups in total. The largest absolute Gasteiger partial charge is 0.206 e. The summed E-state index contributed by atoms with van der Waals surface area (Å²) in [5, 5.41) is -3.31. The van der Waals surface area contributed by atoms with Crippen LogP contribution in [0.1, 0.15) is 10.4 Å². The topological polar surface area (TPSA) is 0 Å². The molecule has 9 heteroatoms. The molecule has 0 aliphatic carbocycles. The molecule has 0 aliphatic heterocycles. The van der Waals surface area contributed by atoms with E-state index in [1.165, 1.54) is 0 Å². The van der Waals surface area contributed by atoms with E-state index in [0.29, 0.717) is 0 Å². The van der Waals surface area contributed by atoms with Crippen molar-refractivity contribution < 1.29 is 30.7 Å². The maximum absolute atomic E-state index is 13.8. The Hall–Kier alpha value is -1.21. The van der Waals surface area contributed by atoms with Crippen LogP contribution in [0.4, 0.5) is 30.7 Å². The first-order valence-electron chi connectivity index (χ1n) is 4.80. The van der Waals surface area contributed by atoms with Gasteiger partial charge in [-0.05, 0) is 0 Å². The summed E-state index contributed by atoms with van der Waals surface area (Å²) >= 11 is 10.4. The van der Waals surface area contributed by atoms with Gasteiger partial charge in [0.2, 0.25) is 0 Å². The standard InChI is InChI=1S/C11HCl2F7/c12-11(13)3-4(14)1-2(5(15)8(3)18)7(17)10(20)9(19)6(1)16/h11H. The first-order valence-corrected chi connectivity index (χ1v) is 5.67. The van der Waals surface area contributed by atoms with Gasteiger partial charge in [0.1, 0.15) is 10.7 Å². The quantitative estimate of drug-likeness (QED) is 0.287. The van der Waals surface area contributed by atoms with Gasteiger partial charge in [0.05, 0.1) is 16.3 Å². The van der Waals surface area contributed by atoms with Gasteiger partial charge in [-0.15, -0.1) is 0 Å². The second-order valence-corrected chi connectivity index (χ2v) is 4.76. The van der Waals surface area contributed by atoms with Crippen LogP contribution in [0, 0.1) is 40.7 Å². The molecular formula is C11HCl2F7. The lowest BCUT2D eigenvalue weighted by molar-refractivity contribution is 0.411. The fourth-order valence-corrected chi connectivity index (χ4v) is 2.08. The second kappa shape index (κ2) is 4.96. The molecular weight excluding hydrogens is 336 g/mol. The first kappa shape index (κ1) is 15.2. The lowest BCUT2D eigenvalue weighted by Gasteiger charge is -2.12. The number of halogens is 9. The zero-order valence-corrected chi connectivity index (χ0v) is 10.5. The Labute approximate surface area is 116 Å². The van der Waals surface area contributed by atoms with Crippen LogP contribution >= 0.6 is 23.2 Å². The minimum atomic E-state index is -2.39. The van der Waals surface area contributed by atoms with Gasteiger partial charge in [0.25, 0.3) is 0 Å². The monoisotopic (exact) mass is 336 g/mol. The molecule has 0 saturated heterocycles. The van der Waals surface area contributed by atoms with Crippen molar-refractivity contribution in [2.75, 3.05) is 0 Å². The number of hydrogen-bond donors (Lipinski definition) is 0. The SMILES string of the molecule is Fc1c(F)c(F)c2c(F)c(C(Cl)Cl)c(F)c(F)c2c1F. The zero-order chi connectivity index (χ0) is 15.4. The summed E-state index contributed by atoms with van der Waals surface area (Å²) in [4.78, 5) is -1.97. The fourth-order valence-electron chi connectivity index (χ4n) is 1.69. The van der Waals surface area contributed by atoms with Gasteiger partial charge >= 0.3 is 0 Å². The zero-order valence-electron chi connectivity index (χ0n) is 8.98. The Balaban J connectivity index is 3.17. The summed E-state index contributed by atoms with van der Waals surface area (Å²) in [6.07, 6.45) is 0. The highest BCUT2D eigenvalue weighted by Gasteiger charge is 2.31. The van der Waals surface area contributed by atoms with E-state index in [2.05, 4.69) is 0 Å². The van der Waals surface area contributed by atoms with Crippen LogP contribution in [0.3, 0.4) is 0 Å². The molecule has 0 aromatic heterocycles. The maximum atomic E-state index is 13.8. The molecule has 0 nitrogen and oxygen atoms in total. The molecule has 0 saturated carbocycles. The van der Waals surface area contributed by atoms with Crippen LogP contribution < -0.4 is 0 Å². The molecule has 2 aromatic rings. The highest BCUT2D eigenvalue weighted by atomic mass is 35.5. The third kappa shape index (κ3) is 1.91. The summed E-state index contributed by atoms with van der Waals surface area (Å²) in [5.41, 5.74) is -1.33. The lowest BCUT2D eigenvalue weighted by atomic mass is 10.0. The molecule has 108 valence electrons. The molecule has 0 bridgehead atoms. The number of rotatable bonds is 1. The van der Waals surface area contributed by atoms with Gasteiger partial charge in [-0.1, -0.05) is 23.2 Å². The van der Waals surface area contributed by atoms with Crippen LogP contribution in [-0.2, 0) is 0 Å². The van der Waals surface area contributed by atoms with E-state index in [1.54, 1.807) is 0 Å². The smallest absolute Gasteiger partial charge is 0.198 e. The predicted octanol–water partition coefficient (Wildman–Crippen LogP) is 5.29. The van der Waals surface area contributed by atoms with E-state index in [0.717, 1.165) is 0 Å². The van der Waals surface area contributed by atoms with Gasteiger partial charge in [0, 0.05) is 0 Å². The number of benzene rings is 2. The minimum absolute atomic E-state index is 1.33. The number of hydrogen-bond acceptors (Lipinski definition) is 0. The summed E-state index contributed by atoms with van der Waals surface area (Å²) in [7, 11) is 0. The van der Waals surface area contributed by atoms with Crippen molar-refractivity contribution in [3.05, 3.63) is 46.3 Å². The molecule has 0 radical (unpaired) electrons. The molecule has 0 aliphatic rings. The van der Waals surface area contributed by atoms with E-state index >= 15 is 0 Å². The van der Waals surface area contributed by atoms with E-state index < -0.39 is 61.9 Å². The van der Waals surface area contributed by atoms with Gasteiger partial charge in [0.15, 0.2) is 34.9 Å². The average molecular weight is 337 g/mol. The third-order valence-electron chi connectivity index (χ3n) is 2.59. The van der Waals surface area contributed by atoms with Crippen molar-refractivity contribution in [1.29, 1.82) is 0 Å². The number of alkyl halides is 2. The van der Waals surface area contributed by atoms with E-state index in [1.807, 2.05) is 0 Å². The second-order valence-electron chi connectivity index (χ2n) is 3.66. The van der Waals surface area contributed by atoms with Crippen LogP contribution in [0.25, 0.3) is 10.8 Å². The van der Waals surface area contributed by atoms with Crippen molar-refractivity contribution in [3.63, 3.8) is 0 Å². The van der Waals surface area contributed by atoms with Crippen LogP contribution in [0.5, 0.6) is 0 Å². The molecule has 2 aromatic carbocycles. The van der Waals surface area contributed by atoms with Crippen molar-refractivity contribution in [3.8, 4) is 0 Å². The van der Waals surface area contributed by atoms with E-state index in [9.17, 15) is 30.7 Å². The van der Waals surface area contributed by atoms with E-state index in [4.69, 9.17) is 23.2 Å². The van der Waals surface area contributed by atoms with Gasteiger partial charge in [-0.2, -0.15) is 0 Å². The van der Waals surface area contributed by atoms with Crippen LogP contribution in [-0.4, -0.2) is 0 Å². The Morgan fingerprint density at radius 3 is 1.25 bits per heavy atom. The lowest BCUT2D eigenvalue weighted by Crippen LogP contribution is -2.07. The predicted molar refractivity (Wildman–Crippen MR) is 58.1 cm³/mol. The highest BCUT2D eigenvalue weighted by Crippen LogP contribution is 2.39. The van der Waals surface area contributed by atoms with E-state index in [-0.39, 0.29) is 0 Å². The van der Waals surface area contributed by atoms with Gasteiger partial charge in [-0.3, -0.25) is 0 Å². The molecule has 2 rings (SSSR count). The first-order chi connectivity index (χ1) is 9.20. The molecule has 0 fully saturated rings. The Bertz CT molecular complexity index is 727. The molecule has 0 spiro atoms. The maximum Gasteiger partial charge on any atom is 0.198 e. The van der Waals surface area contributed by atoms with Crippen LogP contribution in [0.15, 0.2) is 0 Å². The summed E-state index contributed by atoms with van der Waals surface area (Å²) in [6, 6.07) is 0. The Kier molecular flexibility index (Phi) is 3.77. The summed E-state index contributed by atoms with van der Waals surface area (Å²) in [6.45, 7) is 0. The van der Waals surface area contributed by atoms with Crippen molar-refractivity contribution in [1.82, 2.24) is 0 Å². The number of fused-ring (bicyclic) bond motifs is 1. The Morgan fingerprint density at radius 1 is 0.500 bits per heavy atom. The normalized spacial score (nSPS) is 11.7. The Morgan fingerprint density at radius 2 is 0.850 bits per heavy atom. The molecule has 20 heavy (non-hydrogen) atoms. The van der Waals surface area contributed by atoms with Gasteiger partial charge < -0.3 is 0 Å². The van der Waals surface area contributed by atoms with Crippen molar-refractivity contribution >= 4 is 34.0 Å². The molecule has 0 amide bonds. The molecule has 0 heterocycles. The van der Waals surface area contributed by atoms with Crippen molar-refractivity contribution in [2.24, 2.45) is 0 Å². The highest BCUT2D eigenvalue weighted by molar-refractivity contribution is 6.44. The molecule has 0 unspecified atom stereocenters. The minimum Gasteiger partial charge on any atom is -0.206 e. The van der Waals surface area contributed by atoms with Crippen molar-refractivity contribution in [2.45, 2.75) is 4.84 Å². The summed E-state index contributed by atoms with van der Waals surface area (Å²) in [5.74, 6) is -15.3. The summed E-state index contributed by atoms with van der Waals surface area (Å²) < 4.78 is 93.8. The molecule has 0 atom stereocenters.